The van der Waals surface area contributed by atoms with Crippen molar-refractivity contribution in [3.8, 4) is 5.75 Å². The van der Waals surface area contributed by atoms with Gasteiger partial charge < -0.3 is 67.4 Å². The second-order valence-electron chi connectivity index (χ2n) is 18.4. The molecule has 24 nitrogen and oxygen atoms in total. The molecule has 0 bridgehead atoms. The fourth-order valence-corrected chi connectivity index (χ4v) is 6.99. The topological polar surface area (TPSA) is 352 Å². The number of nitrogens with two attached hydrogens (primary N) is 1. The minimum atomic E-state index is -1.32. The molecule has 0 saturated heterocycles. The summed E-state index contributed by atoms with van der Waals surface area (Å²) in [7, 11) is 1.50. The van der Waals surface area contributed by atoms with Gasteiger partial charge in [-0.25, -0.2) is 9.59 Å². The van der Waals surface area contributed by atoms with Crippen LogP contribution < -0.4 is 43.0 Å². The highest BCUT2D eigenvalue weighted by Gasteiger charge is 2.32. The zero-order chi connectivity index (χ0) is 53.3. The van der Waals surface area contributed by atoms with Crippen molar-refractivity contribution in [3.63, 3.8) is 0 Å². The minimum Gasteiger partial charge on any atom is -0.506 e. The number of primary amides is 1. The highest BCUT2D eigenvalue weighted by molar-refractivity contribution is 6.12. The van der Waals surface area contributed by atoms with Gasteiger partial charge in [0.05, 0.1) is 24.8 Å². The van der Waals surface area contributed by atoms with Crippen LogP contribution in [0.25, 0.3) is 0 Å². The van der Waals surface area contributed by atoms with Crippen LogP contribution in [-0.2, 0) is 59.0 Å². The number of carbonyl (C=O) groups is 10. The second-order valence-corrected chi connectivity index (χ2v) is 18.4. The molecule has 0 aromatic heterocycles. The van der Waals surface area contributed by atoms with Gasteiger partial charge in [-0.05, 0) is 95.8 Å². The molecule has 11 N–H and O–H groups in total. The second kappa shape index (κ2) is 30.7. The third-order valence-electron chi connectivity index (χ3n) is 10.7. The van der Waals surface area contributed by atoms with Crippen LogP contribution in [0.4, 0.5) is 15.3 Å². The predicted molar refractivity (Wildman–Crippen MR) is 257 cm³/mol. The van der Waals surface area contributed by atoms with E-state index >= 15 is 0 Å². The monoisotopic (exact) mass is 1000 g/mol. The van der Waals surface area contributed by atoms with Gasteiger partial charge in [0.25, 0.3) is 11.8 Å². The summed E-state index contributed by atoms with van der Waals surface area (Å²) >= 11 is 0. The summed E-state index contributed by atoms with van der Waals surface area (Å²) < 4.78 is 15.5. The largest absolute Gasteiger partial charge is 0.506 e. The molecular formula is C47H73N9O15. The maximum atomic E-state index is 14.1. The number of nitrogens with one attached hydrogen (secondary N) is 7. The van der Waals surface area contributed by atoms with Crippen molar-refractivity contribution in [1.82, 2.24) is 36.8 Å². The Bertz CT molecular complexity index is 2020. The number of methoxy groups -OCH3 is 1. The Labute approximate surface area is 413 Å². The molecule has 1 aromatic rings. The number of phenols is 1. The first-order chi connectivity index (χ1) is 33.4. The number of imide groups is 1. The van der Waals surface area contributed by atoms with Crippen LogP contribution in [-0.4, -0.2) is 151 Å². The van der Waals surface area contributed by atoms with Crippen molar-refractivity contribution >= 4 is 65.1 Å². The Kier molecular flexibility index (Phi) is 26.1. The van der Waals surface area contributed by atoms with Crippen LogP contribution in [0.1, 0.15) is 98.5 Å². The summed E-state index contributed by atoms with van der Waals surface area (Å²) in [4.78, 5) is 128. The normalized spacial score (nSPS) is 14.4. The minimum absolute atomic E-state index is 0.0146. The first-order valence-electron chi connectivity index (χ1n) is 23.6. The lowest BCUT2D eigenvalue weighted by Gasteiger charge is -2.27. The number of nitrogens with zero attached hydrogens (tertiary/aromatic N) is 1. The lowest BCUT2D eigenvalue weighted by atomic mass is 9.96. The number of hydrogen-bond acceptors (Lipinski definition) is 14. The van der Waals surface area contributed by atoms with E-state index in [0.717, 1.165) is 17.1 Å². The van der Waals surface area contributed by atoms with Gasteiger partial charge in [0.2, 0.25) is 29.5 Å². The molecule has 0 unspecified atom stereocenters. The number of unbranched alkanes of at least 4 members (excludes halogenated alkanes) is 1. The van der Waals surface area contributed by atoms with E-state index in [4.69, 9.17) is 19.9 Å². The van der Waals surface area contributed by atoms with Gasteiger partial charge in [-0.2, -0.15) is 0 Å². The van der Waals surface area contributed by atoms with Gasteiger partial charge in [0, 0.05) is 51.4 Å². The molecule has 24 heteroatoms. The summed E-state index contributed by atoms with van der Waals surface area (Å²) in [6.07, 6.45) is 2.40. The molecule has 396 valence electrons. The molecule has 1 aromatic carbocycles. The predicted octanol–water partition coefficient (Wildman–Crippen LogP) is 1.09. The third-order valence-corrected chi connectivity index (χ3v) is 10.7. The number of ether oxygens (including phenoxy) is 3. The zero-order valence-electron chi connectivity index (χ0n) is 41.7. The van der Waals surface area contributed by atoms with Crippen molar-refractivity contribution < 1.29 is 72.4 Å². The van der Waals surface area contributed by atoms with Gasteiger partial charge in [0.15, 0.2) is 0 Å². The number of carbonyl (C=O) groups excluding carboxylic acids is 9. The number of aliphatic carboxylic acids is 1. The molecule has 1 aliphatic heterocycles. The summed E-state index contributed by atoms with van der Waals surface area (Å²) in [6.45, 7) is 10.4. The third kappa shape index (κ3) is 24.0. The van der Waals surface area contributed by atoms with Crippen molar-refractivity contribution in [1.29, 1.82) is 0 Å². The highest BCUT2D eigenvalue weighted by Crippen LogP contribution is 2.26. The number of rotatable bonds is 32. The van der Waals surface area contributed by atoms with E-state index < -0.39 is 95.1 Å². The van der Waals surface area contributed by atoms with Gasteiger partial charge >= 0.3 is 18.1 Å². The van der Waals surface area contributed by atoms with Crippen molar-refractivity contribution in [2.24, 2.45) is 17.6 Å². The zero-order valence-corrected chi connectivity index (χ0v) is 41.7. The Balaban J connectivity index is 2.30. The summed E-state index contributed by atoms with van der Waals surface area (Å²) in [6, 6.07) is -1.08. The van der Waals surface area contributed by atoms with Gasteiger partial charge in [-0.15, -0.1) is 0 Å². The molecule has 0 aliphatic carbocycles. The number of urea groups is 1. The van der Waals surface area contributed by atoms with E-state index in [1.54, 1.807) is 34.6 Å². The summed E-state index contributed by atoms with van der Waals surface area (Å²) in [5.74, 6) is -7.13. The number of phenolic OH excluding ortho intramolecular Hbond substituents is 1. The van der Waals surface area contributed by atoms with Crippen LogP contribution in [0, 0.1) is 11.8 Å². The van der Waals surface area contributed by atoms with Gasteiger partial charge in [-0.3, -0.25) is 43.3 Å². The summed E-state index contributed by atoms with van der Waals surface area (Å²) in [5, 5.41) is 38.9. The van der Waals surface area contributed by atoms with Crippen molar-refractivity contribution in [2.45, 2.75) is 129 Å². The average molecular weight is 1000 g/mol. The fourth-order valence-electron chi connectivity index (χ4n) is 6.99. The van der Waals surface area contributed by atoms with E-state index in [1.165, 1.54) is 32.2 Å². The highest BCUT2D eigenvalue weighted by atomic mass is 16.6. The molecule has 0 saturated carbocycles. The maximum Gasteiger partial charge on any atom is 0.407 e. The lowest BCUT2D eigenvalue weighted by molar-refractivity contribution is -0.141. The summed E-state index contributed by atoms with van der Waals surface area (Å²) in [5.41, 5.74) is 4.78. The molecule has 1 heterocycles. The van der Waals surface area contributed by atoms with Crippen molar-refractivity contribution in [2.75, 3.05) is 51.9 Å². The number of benzene rings is 1. The Morgan fingerprint density at radius 2 is 1.42 bits per heavy atom. The molecule has 10 amide bonds. The molecule has 5 atom stereocenters. The number of amides is 10. The van der Waals surface area contributed by atoms with Crippen LogP contribution in [0.5, 0.6) is 5.75 Å². The maximum absolute atomic E-state index is 14.1. The first kappa shape index (κ1) is 60.3. The molecule has 0 spiro atoms. The molecular weight excluding hydrogens is 931 g/mol. The number of anilines is 1. The Morgan fingerprint density at radius 3 is 2.04 bits per heavy atom. The molecule has 71 heavy (non-hydrogen) atoms. The average Bonchev–Trinajstić information content (AvgIpc) is 3.59. The molecule has 0 fully saturated rings. The van der Waals surface area contributed by atoms with Gasteiger partial charge in [-0.1, -0.05) is 26.8 Å². The van der Waals surface area contributed by atoms with Gasteiger partial charge in [0.1, 0.15) is 36.1 Å². The fraction of sp³-hybridized carbons (Fsp3) is 0.617. The first-order valence-corrected chi connectivity index (χ1v) is 23.6. The lowest BCUT2D eigenvalue weighted by Crippen LogP contribution is -2.57. The molecule has 1 aliphatic rings. The number of hydrogen-bond donors (Lipinski definition) is 10. The van der Waals surface area contributed by atoms with Crippen LogP contribution in [0.2, 0.25) is 0 Å². The number of carboxylic acids is 1. The van der Waals surface area contributed by atoms with Crippen LogP contribution >= 0.6 is 0 Å². The van der Waals surface area contributed by atoms with Crippen LogP contribution in [0.3, 0.4) is 0 Å². The number of carboxylic acid groups (broad SMARTS) is 1. The standard InChI is InChI=1S/C47H73N9O15/c1-28(2)40(55-42(63)32(12-8-9-19-49-37(59)27-70-23-22-69-7)52-36(58)14-11-21-56-38(60)17-18-39(56)61)43(64)53-33(13-10-20-50-45(48)67)41(62)54-34-26-30(15-16-35(34)57)25-31(24-29(3)44(65)66)51-46(68)71-47(4,5)6/h15-18,26,28-29,31-33,40,57H,8-14,19-25,27H2,1-7H3,(H,49,59)(H,51,68)(H,52,58)(H,53,64)(H,54,62)(H,55,63)(H,65,66)(H3,48,50,67)/t29-,31+,32-,33-,40-/m0/s1. The molecule has 2 rings (SSSR count). The molecule has 0 radical (unpaired) electrons. The smallest absolute Gasteiger partial charge is 0.407 e. The van der Waals surface area contributed by atoms with E-state index in [9.17, 15) is 58.2 Å². The van der Waals surface area contributed by atoms with E-state index in [1.807, 2.05) is 0 Å². The quantitative estimate of drug-likeness (QED) is 0.0274. The van der Waals surface area contributed by atoms with E-state index in [-0.39, 0.29) is 95.1 Å². The van der Waals surface area contributed by atoms with E-state index in [2.05, 4.69) is 37.2 Å². The SMILES string of the molecule is COCCOCC(=O)NCCCC[C@H](NC(=O)CCCN1C(=O)C=CC1=O)C(=O)N[C@H](C(=O)N[C@@H](CCCNC(N)=O)C(=O)Nc1cc(C[C@@H](C[C@H](C)C(=O)O)NC(=O)OC(C)(C)C)ccc1O)C(C)C. The van der Waals surface area contributed by atoms with Crippen LogP contribution in [0.15, 0.2) is 30.4 Å². The number of alkyl carbamates (subject to hydrolysis) is 1. The van der Waals surface area contributed by atoms with E-state index in [0.29, 0.717) is 25.0 Å². The Hall–Kier alpha value is -6.82. The van der Waals surface area contributed by atoms with Crippen molar-refractivity contribution in [3.05, 3.63) is 35.9 Å². The Morgan fingerprint density at radius 1 is 0.775 bits per heavy atom. The number of aromatic hydroxyl groups is 1.